The van der Waals surface area contributed by atoms with Crippen LogP contribution in [0.5, 0.6) is 0 Å². The number of piperidine rings is 1. The maximum atomic E-state index is 13.9. The van der Waals surface area contributed by atoms with E-state index in [1.54, 1.807) is 17.0 Å². The van der Waals surface area contributed by atoms with Crippen molar-refractivity contribution in [1.29, 1.82) is 5.26 Å². The van der Waals surface area contributed by atoms with Gasteiger partial charge in [-0.3, -0.25) is 4.79 Å². The average Bonchev–Trinajstić information content (AvgIpc) is 2.91. The molecule has 1 fully saturated rings. The van der Waals surface area contributed by atoms with Gasteiger partial charge < -0.3 is 9.88 Å². The summed E-state index contributed by atoms with van der Waals surface area (Å²) < 4.78 is 14.5. The van der Waals surface area contributed by atoms with Gasteiger partial charge in [-0.05, 0) is 31.0 Å². The molecule has 4 nitrogen and oxygen atoms in total. The molecule has 6 heteroatoms. The largest absolute Gasteiger partial charge is 0.350 e. The van der Waals surface area contributed by atoms with E-state index in [2.05, 4.69) is 27.0 Å². The third-order valence-corrected chi connectivity index (χ3v) is 4.31. The molecule has 0 atom stereocenters. The van der Waals surface area contributed by atoms with E-state index in [-0.39, 0.29) is 17.6 Å². The van der Waals surface area contributed by atoms with Gasteiger partial charge in [0.05, 0.1) is 11.6 Å². The zero-order valence-electron chi connectivity index (χ0n) is 11.2. The minimum Gasteiger partial charge on any atom is -0.350 e. The van der Waals surface area contributed by atoms with Crippen molar-refractivity contribution in [2.24, 2.45) is 5.92 Å². The molecule has 0 saturated carbocycles. The van der Waals surface area contributed by atoms with Crippen molar-refractivity contribution in [3.05, 3.63) is 34.2 Å². The van der Waals surface area contributed by atoms with Crippen molar-refractivity contribution >= 4 is 32.7 Å². The Morgan fingerprint density at radius 2 is 2.10 bits per heavy atom. The van der Waals surface area contributed by atoms with Gasteiger partial charge in [-0.15, -0.1) is 0 Å². The van der Waals surface area contributed by atoms with E-state index < -0.39 is 0 Å². The molecular formula is C15H13BrFN3O. The molecule has 0 radical (unpaired) electrons. The van der Waals surface area contributed by atoms with Crippen LogP contribution in [0.2, 0.25) is 0 Å². The molecule has 1 amide bonds. The molecule has 1 aromatic heterocycles. The fourth-order valence-corrected chi connectivity index (χ4v) is 3.09. The summed E-state index contributed by atoms with van der Waals surface area (Å²) in [5, 5.41) is 9.29. The summed E-state index contributed by atoms with van der Waals surface area (Å²) in [6.45, 7) is 1.14. The van der Waals surface area contributed by atoms with Gasteiger partial charge in [-0.1, -0.05) is 15.9 Å². The standard InChI is InChI=1S/C15H13BrFN3O/c16-10-5-12(17)11-7-14(19-13(11)6-10)15(21)20-3-1-9(8-18)2-4-20/h5-7,9,19H,1-4H2. The Bertz CT molecular complexity index is 741. The van der Waals surface area contributed by atoms with Crippen LogP contribution in [0.3, 0.4) is 0 Å². The number of nitriles is 1. The topological polar surface area (TPSA) is 59.9 Å². The van der Waals surface area contributed by atoms with E-state index in [1.807, 2.05) is 0 Å². The van der Waals surface area contributed by atoms with Gasteiger partial charge in [0.15, 0.2) is 0 Å². The van der Waals surface area contributed by atoms with Crippen LogP contribution in [0.25, 0.3) is 10.9 Å². The summed E-state index contributed by atoms with van der Waals surface area (Å²) >= 11 is 3.23. The zero-order valence-corrected chi connectivity index (χ0v) is 12.8. The maximum Gasteiger partial charge on any atom is 0.270 e. The van der Waals surface area contributed by atoms with E-state index in [0.717, 1.165) is 0 Å². The molecule has 0 unspecified atom stereocenters. The lowest BCUT2D eigenvalue weighted by Gasteiger charge is -2.28. The minimum absolute atomic E-state index is 0.0326. The second-order valence-electron chi connectivity index (χ2n) is 5.23. The SMILES string of the molecule is N#CC1CCN(C(=O)c2cc3c(F)cc(Br)cc3[nH]2)CC1. The number of aromatic nitrogens is 1. The van der Waals surface area contributed by atoms with Gasteiger partial charge >= 0.3 is 0 Å². The number of fused-ring (bicyclic) bond motifs is 1. The lowest BCUT2D eigenvalue weighted by Crippen LogP contribution is -2.38. The highest BCUT2D eigenvalue weighted by Crippen LogP contribution is 2.25. The third kappa shape index (κ3) is 2.66. The first kappa shape index (κ1) is 14.1. The number of halogens is 2. The second-order valence-corrected chi connectivity index (χ2v) is 6.14. The molecular weight excluding hydrogens is 337 g/mol. The molecule has 2 heterocycles. The fourth-order valence-electron chi connectivity index (χ4n) is 2.66. The summed E-state index contributed by atoms with van der Waals surface area (Å²) in [5.74, 6) is -0.471. The predicted octanol–water partition coefficient (Wildman–Crippen LogP) is 3.45. The van der Waals surface area contributed by atoms with Crippen molar-refractivity contribution in [1.82, 2.24) is 9.88 Å². The summed E-state index contributed by atoms with van der Waals surface area (Å²) in [6.07, 6.45) is 1.39. The van der Waals surface area contributed by atoms with E-state index in [9.17, 15) is 9.18 Å². The summed E-state index contributed by atoms with van der Waals surface area (Å²) in [7, 11) is 0. The molecule has 0 spiro atoms. The van der Waals surface area contributed by atoms with Crippen molar-refractivity contribution < 1.29 is 9.18 Å². The number of rotatable bonds is 1. The molecule has 1 aliphatic rings. The van der Waals surface area contributed by atoms with Crippen LogP contribution in [0.1, 0.15) is 23.3 Å². The van der Waals surface area contributed by atoms with Crippen LogP contribution in [-0.2, 0) is 0 Å². The fraction of sp³-hybridized carbons (Fsp3) is 0.333. The molecule has 21 heavy (non-hydrogen) atoms. The summed E-state index contributed by atoms with van der Waals surface area (Å²) in [6, 6.07) is 6.91. The van der Waals surface area contributed by atoms with Crippen LogP contribution in [-0.4, -0.2) is 28.9 Å². The number of H-pyrrole nitrogens is 1. The molecule has 1 aliphatic heterocycles. The highest BCUT2D eigenvalue weighted by molar-refractivity contribution is 9.10. The van der Waals surface area contributed by atoms with Crippen molar-refractivity contribution in [2.45, 2.75) is 12.8 Å². The molecule has 1 aromatic carbocycles. The lowest BCUT2D eigenvalue weighted by atomic mass is 9.98. The number of hydrogen-bond donors (Lipinski definition) is 1. The first-order valence-electron chi connectivity index (χ1n) is 6.75. The Morgan fingerprint density at radius 1 is 1.38 bits per heavy atom. The number of nitrogens with one attached hydrogen (secondary N) is 1. The normalized spacial score (nSPS) is 16.1. The number of likely N-dealkylation sites (tertiary alicyclic amines) is 1. The molecule has 2 aromatic rings. The lowest BCUT2D eigenvalue weighted by molar-refractivity contribution is 0.0702. The Kier molecular flexibility index (Phi) is 3.68. The monoisotopic (exact) mass is 349 g/mol. The first-order chi connectivity index (χ1) is 10.1. The minimum atomic E-state index is -0.363. The van der Waals surface area contributed by atoms with E-state index >= 15 is 0 Å². The van der Waals surface area contributed by atoms with E-state index in [0.29, 0.717) is 47.0 Å². The van der Waals surface area contributed by atoms with Crippen molar-refractivity contribution in [3.8, 4) is 6.07 Å². The van der Waals surface area contributed by atoms with Gasteiger partial charge in [0.25, 0.3) is 5.91 Å². The first-order valence-corrected chi connectivity index (χ1v) is 7.54. The number of amides is 1. The molecule has 108 valence electrons. The van der Waals surface area contributed by atoms with Crippen molar-refractivity contribution in [2.75, 3.05) is 13.1 Å². The maximum absolute atomic E-state index is 13.9. The summed E-state index contributed by atoms with van der Waals surface area (Å²) in [4.78, 5) is 17.1. The molecule has 1 N–H and O–H groups in total. The third-order valence-electron chi connectivity index (χ3n) is 3.85. The number of hydrogen-bond acceptors (Lipinski definition) is 2. The number of carbonyl (C=O) groups is 1. The average molecular weight is 350 g/mol. The van der Waals surface area contributed by atoms with Crippen LogP contribution in [0.15, 0.2) is 22.7 Å². The smallest absolute Gasteiger partial charge is 0.270 e. The van der Waals surface area contributed by atoms with E-state index in [1.165, 1.54) is 6.07 Å². The van der Waals surface area contributed by atoms with Gasteiger partial charge in [-0.2, -0.15) is 5.26 Å². The van der Waals surface area contributed by atoms with Crippen LogP contribution in [0.4, 0.5) is 4.39 Å². The van der Waals surface area contributed by atoms with Gasteiger partial charge in [-0.25, -0.2) is 4.39 Å². The highest BCUT2D eigenvalue weighted by atomic mass is 79.9. The predicted molar refractivity (Wildman–Crippen MR) is 80.2 cm³/mol. The number of nitrogens with zero attached hydrogens (tertiary/aromatic N) is 2. The Labute approximate surface area is 129 Å². The molecule has 0 aliphatic carbocycles. The molecule has 0 bridgehead atoms. The zero-order chi connectivity index (χ0) is 15.0. The molecule has 1 saturated heterocycles. The summed E-state index contributed by atoms with van der Waals surface area (Å²) in [5.41, 5.74) is 0.981. The highest BCUT2D eigenvalue weighted by Gasteiger charge is 2.24. The number of carbonyl (C=O) groups excluding carboxylic acids is 1. The quantitative estimate of drug-likeness (QED) is 0.857. The Balaban J connectivity index is 1.86. The van der Waals surface area contributed by atoms with Crippen molar-refractivity contribution in [3.63, 3.8) is 0 Å². The van der Waals surface area contributed by atoms with Gasteiger partial charge in [0.1, 0.15) is 11.5 Å². The van der Waals surface area contributed by atoms with E-state index in [4.69, 9.17) is 5.26 Å². The molecule has 3 rings (SSSR count). The number of benzene rings is 1. The second kappa shape index (κ2) is 5.49. The van der Waals surface area contributed by atoms with Crippen LogP contribution >= 0.6 is 15.9 Å². The van der Waals surface area contributed by atoms with Gasteiger partial charge in [0.2, 0.25) is 0 Å². The van der Waals surface area contributed by atoms with Gasteiger partial charge in [0, 0.05) is 28.9 Å². The van der Waals surface area contributed by atoms with Crippen LogP contribution in [0, 0.1) is 23.1 Å². The Hall–Kier alpha value is -1.87. The number of aromatic amines is 1. The van der Waals surface area contributed by atoms with Crippen LogP contribution < -0.4 is 0 Å². The Morgan fingerprint density at radius 3 is 2.76 bits per heavy atom.